The molecule has 1 heterocycles. The van der Waals surface area contributed by atoms with Crippen LogP contribution in [0.3, 0.4) is 0 Å². The number of aliphatic carboxylic acids is 1. The van der Waals surface area contributed by atoms with Crippen LogP contribution in [0.15, 0.2) is 0 Å². The van der Waals surface area contributed by atoms with Gasteiger partial charge in [-0.15, -0.1) is 0 Å². The van der Waals surface area contributed by atoms with Crippen molar-refractivity contribution in [1.82, 2.24) is 15.5 Å². The summed E-state index contributed by atoms with van der Waals surface area (Å²) in [4.78, 5) is 35.8. The van der Waals surface area contributed by atoms with E-state index in [-0.39, 0.29) is 24.5 Å². The maximum absolute atomic E-state index is 12.0. The number of nitrogens with zero attached hydrogens (tertiary/aromatic N) is 1. The fourth-order valence-corrected chi connectivity index (χ4v) is 2.78. The van der Waals surface area contributed by atoms with Crippen molar-refractivity contribution < 1.29 is 19.5 Å². The molecule has 0 radical (unpaired) electrons. The number of likely N-dealkylation sites (tertiary alicyclic amines) is 1. The Morgan fingerprint density at radius 3 is 2.55 bits per heavy atom. The molecule has 2 fully saturated rings. The summed E-state index contributed by atoms with van der Waals surface area (Å²) in [7, 11) is 0. The van der Waals surface area contributed by atoms with E-state index in [9.17, 15) is 19.5 Å². The fourth-order valence-electron chi connectivity index (χ4n) is 2.78. The molecule has 1 saturated heterocycles. The Labute approximate surface area is 117 Å². The molecular weight excluding hydrogens is 262 g/mol. The Morgan fingerprint density at radius 2 is 2.05 bits per heavy atom. The second kappa shape index (κ2) is 5.68. The van der Waals surface area contributed by atoms with Gasteiger partial charge in [-0.2, -0.15) is 0 Å². The van der Waals surface area contributed by atoms with Crippen LogP contribution in [0.1, 0.15) is 32.6 Å². The lowest BCUT2D eigenvalue weighted by molar-refractivity contribution is -0.153. The summed E-state index contributed by atoms with van der Waals surface area (Å²) in [6, 6.07) is -0.249. The number of nitrogens with one attached hydrogen (secondary N) is 2. The third kappa shape index (κ3) is 3.02. The van der Waals surface area contributed by atoms with Crippen molar-refractivity contribution in [2.45, 2.75) is 38.6 Å². The van der Waals surface area contributed by atoms with Gasteiger partial charge in [0.05, 0.1) is 5.41 Å². The number of carbonyl (C=O) groups is 3. The third-order valence-electron chi connectivity index (χ3n) is 4.23. The number of hydrogen-bond acceptors (Lipinski definition) is 3. The molecule has 20 heavy (non-hydrogen) atoms. The molecule has 112 valence electrons. The molecule has 0 aromatic rings. The number of carboxylic acids is 1. The average molecular weight is 283 g/mol. The lowest BCUT2D eigenvalue weighted by Crippen LogP contribution is -2.50. The van der Waals surface area contributed by atoms with Crippen molar-refractivity contribution in [3.8, 4) is 0 Å². The lowest BCUT2D eigenvalue weighted by atomic mass is 9.69. The first-order valence-corrected chi connectivity index (χ1v) is 6.96. The monoisotopic (exact) mass is 283 g/mol. The smallest absolute Gasteiger partial charge is 0.317 e. The molecule has 3 amide bonds. The maximum atomic E-state index is 12.0. The zero-order valence-corrected chi connectivity index (χ0v) is 11.6. The largest absolute Gasteiger partial charge is 0.481 e. The zero-order chi connectivity index (χ0) is 14.8. The summed E-state index contributed by atoms with van der Waals surface area (Å²) in [5.74, 6) is -0.932. The maximum Gasteiger partial charge on any atom is 0.317 e. The highest BCUT2D eigenvalue weighted by atomic mass is 16.4. The van der Waals surface area contributed by atoms with Crippen molar-refractivity contribution in [2.75, 3.05) is 19.6 Å². The number of amides is 3. The normalized spacial score (nSPS) is 23.9. The minimum Gasteiger partial charge on any atom is -0.481 e. The van der Waals surface area contributed by atoms with Gasteiger partial charge in [-0.3, -0.25) is 9.59 Å². The summed E-state index contributed by atoms with van der Waals surface area (Å²) in [5, 5.41) is 14.7. The predicted molar refractivity (Wildman–Crippen MR) is 71.1 cm³/mol. The van der Waals surface area contributed by atoms with Crippen LogP contribution >= 0.6 is 0 Å². The highest BCUT2D eigenvalue weighted by Gasteiger charge is 2.44. The molecular formula is C13H21N3O4. The SMILES string of the molecule is CC(=O)NC1CCN(C(=O)NCC2(C(=O)O)CCC2)C1. The van der Waals surface area contributed by atoms with Gasteiger partial charge in [0, 0.05) is 32.6 Å². The van der Waals surface area contributed by atoms with Crippen LogP contribution in [0.4, 0.5) is 4.79 Å². The quantitative estimate of drug-likeness (QED) is 0.684. The van der Waals surface area contributed by atoms with Crippen molar-refractivity contribution in [1.29, 1.82) is 0 Å². The van der Waals surface area contributed by atoms with Gasteiger partial charge in [-0.1, -0.05) is 6.42 Å². The standard InChI is InChI=1S/C13H21N3O4/c1-9(17)15-10-3-6-16(7-10)12(20)14-8-13(11(18)19)4-2-5-13/h10H,2-8H2,1H3,(H,14,20)(H,15,17)(H,18,19). The van der Waals surface area contributed by atoms with Gasteiger partial charge in [-0.05, 0) is 19.3 Å². The third-order valence-corrected chi connectivity index (χ3v) is 4.23. The van der Waals surface area contributed by atoms with E-state index in [1.165, 1.54) is 6.92 Å². The molecule has 1 atom stereocenters. The fraction of sp³-hybridized carbons (Fsp3) is 0.769. The van der Waals surface area contributed by atoms with Crippen LogP contribution in [0.2, 0.25) is 0 Å². The predicted octanol–water partition coefficient (Wildman–Crippen LogP) is 0.161. The van der Waals surface area contributed by atoms with Crippen LogP contribution < -0.4 is 10.6 Å². The average Bonchev–Trinajstić information content (AvgIpc) is 2.74. The van der Waals surface area contributed by atoms with Gasteiger partial charge in [0.2, 0.25) is 5.91 Å². The summed E-state index contributed by atoms with van der Waals surface area (Å²) in [6.07, 6.45) is 2.88. The lowest BCUT2D eigenvalue weighted by Gasteiger charge is -2.37. The van der Waals surface area contributed by atoms with E-state index in [0.717, 1.165) is 12.8 Å². The molecule has 1 unspecified atom stereocenters. The van der Waals surface area contributed by atoms with Gasteiger partial charge in [0.25, 0.3) is 0 Å². The minimum atomic E-state index is -0.832. The van der Waals surface area contributed by atoms with E-state index in [4.69, 9.17) is 0 Å². The number of carboxylic acid groups (broad SMARTS) is 1. The first-order chi connectivity index (χ1) is 9.43. The number of hydrogen-bond donors (Lipinski definition) is 3. The van der Waals surface area contributed by atoms with Gasteiger partial charge in [0.1, 0.15) is 0 Å². The van der Waals surface area contributed by atoms with Crippen molar-refractivity contribution in [3.05, 3.63) is 0 Å². The topological polar surface area (TPSA) is 98.7 Å². The van der Waals surface area contributed by atoms with E-state index in [1.807, 2.05) is 0 Å². The Kier molecular flexibility index (Phi) is 4.15. The molecule has 1 aliphatic heterocycles. The summed E-state index contributed by atoms with van der Waals surface area (Å²) in [6.45, 7) is 2.70. The van der Waals surface area contributed by atoms with E-state index >= 15 is 0 Å². The molecule has 3 N–H and O–H groups in total. The van der Waals surface area contributed by atoms with Gasteiger partial charge < -0.3 is 20.6 Å². The van der Waals surface area contributed by atoms with Crippen molar-refractivity contribution >= 4 is 17.9 Å². The number of carbonyl (C=O) groups excluding carboxylic acids is 2. The molecule has 7 nitrogen and oxygen atoms in total. The van der Waals surface area contributed by atoms with E-state index in [0.29, 0.717) is 25.9 Å². The van der Waals surface area contributed by atoms with Crippen LogP contribution in [-0.2, 0) is 9.59 Å². The number of urea groups is 1. The van der Waals surface area contributed by atoms with Crippen LogP contribution in [0.5, 0.6) is 0 Å². The molecule has 1 saturated carbocycles. The van der Waals surface area contributed by atoms with Crippen molar-refractivity contribution in [3.63, 3.8) is 0 Å². The molecule has 2 aliphatic rings. The molecule has 0 aromatic heterocycles. The van der Waals surface area contributed by atoms with Crippen LogP contribution in [-0.4, -0.2) is 53.6 Å². The highest BCUT2D eigenvalue weighted by molar-refractivity contribution is 5.79. The summed E-state index contributed by atoms with van der Waals surface area (Å²) in [5.41, 5.74) is -0.771. The van der Waals surface area contributed by atoms with Gasteiger partial charge in [0.15, 0.2) is 0 Å². The zero-order valence-electron chi connectivity index (χ0n) is 11.6. The molecule has 2 rings (SSSR count). The summed E-state index contributed by atoms with van der Waals surface area (Å²) >= 11 is 0. The van der Waals surface area contributed by atoms with Crippen LogP contribution in [0.25, 0.3) is 0 Å². The number of rotatable bonds is 4. The van der Waals surface area contributed by atoms with Crippen LogP contribution in [0, 0.1) is 5.41 Å². The molecule has 0 aromatic carbocycles. The Hall–Kier alpha value is -1.79. The van der Waals surface area contributed by atoms with E-state index in [1.54, 1.807) is 4.90 Å². The first-order valence-electron chi connectivity index (χ1n) is 6.96. The highest BCUT2D eigenvalue weighted by Crippen LogP contribution is 2.40. The Bertz CT molecular complexity index is 420. The second-order valence-corrected chi connectivity index (χ2v) is 5.73. The van der Waals surface area contributed by atoms with Gasteiger partial charge in [-0.25, -0.2) is 4.79 Å². The van der Waals surface area contributed by atoms with Gasteiger partial charge >= 0.3 is 12.0 Å². The second-order valence-electron chi connectivity index (χ2n) is 5.73. The van der Waals surface area contributed by atoms with E-state index in [2.05, 4.69) is 10.6 Å². The molecule has 0 spiro atoms. The van der Waals surface area contributed by atoms with Crippen molar-refractivity contribution in [2.24, 2.45) is 5.41 Å². The van der Waals surface area contributed by atoms with E-state index < -0.39 is 11.4 Å². The molecule has 1 aliphatic carbocycles. The minimum absolute atomic E-state index is 0.00427. The Balaban J connectivity index is 1.78. The molecule has 7 heteroatoms. The molecule has 0 bridgehead atoms. The first kappa shape index (κ1) is 14.6. The summed E-state index contributed by atoms with van der Waals surface area (Å²) < 4.78 is 0. The Morgan fingerprint density at radius 1 is 1.35 bits per heavy atom.